The van der Waals surface area contributed by atoms with Crippen LogP contribution < -0.4 is 0 Å². The molecule has 0 aliphatic heterocycles. The summed E-state index contributed by atoms with van der Waals surface area (Å²) in [6.45, 7) is 2.15. The number of unbranched alkanes of at least 4 members (excludes halogenated alkanes) is 2. The van der Waals surface area contributed by atoms with Gasteiger partial charge in [-0.3, -0.25) is 10.1 Å². The number of halogens is 1. The summed E-state index contributed by atoms with van der Waals surface area (Å²) in [6, 6.07) is 2.70. The van der Waals surface area contributed by atoms with Gasteiger partial charge in [0.1, 0.15) is 0 Å². The largest absolute Gasteiger partial charge is 0.462 e. The fourth-order valence-electron chi connectivity index (χ4n) is 1.55. The van der Waals surface area contributed by atoms with Gasteiger partial charge >= 0.3 is 5.97 Å². The summed E-state index contributed by atoms with van der Waals surface area (Å²) in [4.78, 5) is 21.2. The maximum atomic E-state index is 11.8. The third-order valence-corrected chi connectivity index (χ3v) is 3.93. The Balaban J connectivity index is 3.03. The molecule has 0 unspecified atom stereocenters. The highest BCUT2D eigenvalue weighted by Gasteiger charge is 2.21. The number of non-ortho nitro benzene ring substituents is 1. The van der Waals surface area contributed by atoms with Gasteiger partial charge in [-0.2, -0.15) is 0 Å². The first-order valence-corrected chi connectivity index (χ1v) is 8.48. The smallest absolute Gasteiger partial charge is 0.338 e. The molecule has 0 heterocycles. The number of benzene rings is 1. The molecule has 21 heavy (non-hydrogen) atoms. The van der Waals surface area contributed by atoms with Crippen LogP contribution in [0.2, 0.25) is 0 Å². The van der Waals surface area contributed by atoms with E-state index in [4.69, 9.17) is 15.4 Å². The number of ether oxygens (including phenoxy) is 1. The minimum atomic E-state index is -4.18. The van der Waals surface area contributed by atoms with Crippen LogP contribution in [0.1, 0.15) is 36.5 Å². The Morgan fingerprint density at radius 1 is 1.33 bits per heavy atom. The summed E-state index contributed by atoms with van der Waals surface area (Å²) in [5, 5.41) is 10.8. The van der Waals surface area contributed by atoms with Crippen molar-refractivity contribution in [3.05, 3.63) is 33.9 Å². The molecule has 0 spiro atoms. The topological polar surface area (TPSA) is 104 Å². The van der Waals surface area contributed by atoms with Crippen molar-refractivity contribution in [3.63, 3.8) is 0 Å². The van der Waals surface area contributed by atoms with E-state index in [1.165, 1.54) is 0 Å². The quantitative estimate of drug-likeness (QED) is 0.249. The molecule has 1 aromatic carbocycles. The van der Waals surface area contributed by atoms with Crippen molar-refractivity contribution in [1.82, 2.24) is 0 Å². The predicted molar refractivity (Wildman–Crippen MR) is 75.9 cm³/mol. The molecule has 0 aliphatic rings. The molecule has 0 bridgehead atoms. The van der Waals surface area contributed by atoms with Crippen LogP contribution in [0, 0.1) is 10.1 Å². The van der Waals surface area contributed by atoms with Crippen molar-refractivity contribution in [1.29, 1.82) is 0 Å². The zero-order chi connectivity index (χ0) is 16.0. The Bertz CT molecular complexity index is 643. The first-order valence-electron chi connectivity index (χ1n) is 6.17. The third-order valence-electron chi connectivity index (χ3n) is 2.60. The molecule has 1 aromatic rings. The fourth-order valence-corrected chi connectivity index (χ4v) is 2.34. The normalized spacial score (nSPS) is 11.1. The highest BCUT2D eigenvalue weighted by Crippen LogP contribution is 2.24. The SMILES string of the molecule is CCCCCOC(=O)c1cc([N+](=O)[O-])cc(S(=O)(=O)Cl)c1. The van der Waals surface area contributed by atoms with Crippen molar-refractivity contribution in [2.75, 3.05) is 6.61 Å². The highest BCUT2D eigenvalue weighted by molar-refractivity contribution is 8.13. The van der Waals surface area contributed by atoms with Crippen LogP contribution in [0.5, 0.6) is 0 Å². The maximum Gasteiger partial charge on any atom is 0.338 e. The van der Waals surface area contributed by atoms with Crippen molar-refractivity contribution >= 4 is 31.4 Å². The van der Waals surface area contributed by atoms with Gasteiger partial charge < -0.3 is 4.74 Å². The van der Waals surface area contributed by atoms with E-state index in [0.29, 0.717) is 6.42 Å². The second-order valence-corrected chi connectivity index (χ2v) is 6.82. The van der Waals surface area contributed by atoms with Gasteiger partial charge in [0.25, 0.3) is 14.7 Å². The van der Waals surface area contributed by atoms with E-state index in [0.717, 1.165) is 31.0 Å². The molecule has 1 rings (SSSR count). The van der Waals surface area contributed by atoms with E-state index in [1.54, 1.807) is 0 Å². The van der Waals surface area contributed by atoms with Crippen molar-refractivity contribution in [3.8, 4) is 0 Å². The van der Waals surface area contributed by atoms with Crippen LogP contribution in [-0.4, -0.2) is 25.9 Å². The van der Waals surface area contributed by atoms with E-state index in [-0.39, 0.29) is 12.2 Å². The average Bonchev–Trinajstić information content (AvgIpc) is 2.41. The van der Waals surface area contributed by atoms with Crippen LogP contribution in [0.4, 0.5) is 5.69 Å². The lowest BCUT2D eigenvalue weighted by atomic mass is 10.2. The lowest BCUT2D eigenvalue weighted by molar-refractivity contribution is -0.385. The van der Waals surface area contributed by atoms with Crippen molar-refractivity contribution < 1.29 is 22.9 Å². The number of nitrogens with zero attached hydrogens (tertiary/aromatic N) is 1. The van der Waals surface area contributed by atoms with E-state index in [9.17, 15) is 23.3 Å². The summed E-state index contributed by atoms with van der Waals surface area (Å²) >= 11 is 0. The van der Waals surface area contributed by atoms with Crippen LogP contribution in [0.25, 0.3) is 0 Å². The average molecular weight is 336 g/mol. The van der Waals surface area contributed by atoms with Gasteiger partial charge in [-0.25, -0.2) is 13.2 Å². The van der Waals surface area contributed by atoms with Crippen molar-refractivity contribution in [2.45, 2.75) is 31.1 Å². The number of esters is 1. The lowest BCUT2D eigenvalue weighted by Gasteiger charge is -2.05. The molecule has 0 aromatic heterocycles. The number of rotatable bonds is 7. The molecule has 0 atom stereocenters. The van der Waals surface area contributed by atoms with Gasteiger partial charge in [0, 0.05) is 22.8 Å². The van der Waals surface area contributed by atoms with Crippen LogP contribution in [0.3, 0.4) is 0 Å². The molecule has 116 valence electrons. The van der Waals surface area contributed by atoms with Crippen LogP contribution in [0.15, 0.2) is 23.1 Å². The second-order valence-electron chi connectivity index (χ2n) is 4.25. The zero-order valence-electron chi connectivity index (χ0n) is 11.2. The fraction of sp³-hybridized carbons (Fsp3) is 0.417. The third kappa shape index (κ3) is 5.31. The maximum absolute atomic E-state index is 11.8. The molecule has 0 aliphatic carbocycles. The molecule has 0 saturated carbocycles. The van der Waals surface area contributed by atoms with Gasteiger partial charge in [0.2, 0.25) is 0 Å². The number of nitro benzene ring substituents is 1. The number of carbonyl (C=O) groups is 1. The molecule has 0 amide bonds. The van der Waals surface area contributed by atoms with Crippen molar-refractivity contribution in [2.24, 2.45) is 0 Å². The second kappa shape index (κ2) is 7.37. The van der Waals surface area contributed by atoms with Gasteiger partial charge in [0.15, 0.2) is 0 Å². The molecule has 9 heteroatoms. The summed E-state index contributed by atoms with van der Waals surface area (Å²) in [7, 11) is 0.971. The molecule has 7 nitrogen and oxygen atoms in total. The van der Waals surface area contributed by atoms with Crippen LogP contribution in [-0.2, 0) is 13.8 Å². The van der Waals surface area contributed by atoms with E-state index >= 15 is 0 Å². The first kappa shape index (κ1) is 17.4. The zero-order valence-corrected chi connectivity index (χ0v) is 12.8. The predicted octanol–water partition coefficient (Wildman–Crippen LogP) is 2.87. The molecule has 0 radical (unpaired) electrons. The monoisotopic (exact) mass is 335 g/mol. The standard InChI is InChI=1S/C12H14ClNO6S/c1-2-3-4-5-20-12(15)9-6-10(14(16)17)8-11(7-9)21(13,18)19/h6-8H,2-5H2,1H3. The summed E-state index contributed by atoms with van der Waals surface area (Å²) in [6.07, 6.45) is 2.49. The van der Waals surface area contributed by atoms with E-state index in [1.807, 2.05) is 6.92 Å². The summed E-state index contributed by atoms with van der Waals surface area (Å²) in [5.41, 5.74) is -0.767. The molecule has 0 saturated heterocycles. The molecular weight excluding hydrogens is 322 g/mol. The lowest BCUT2D eigenvalue weighted by Crippen LogP contribution is -2.08. The Labute approximate surface area is 126 Å². The minimum Gasteiger partial charge on any atom is -0.462 e. The van der Waals surface area contributed by atoms with Gasteiger partial charge in [-0.05, 0) is 12.5 Å². The van der Waals surface area contributed by atoms with E-state index < -0.39 is 30.5 Å². The van der Waals surface area contributed by atoms with Crippen LogP contribution >= 0.6 is 10.7 Å². The Morgan fingerprint density at radius 2 is 2.00 bits per heavy atom. The Morgan fingerprint density at radius 3 is 2.52 bits per heavy atom. The highest BCUT2D eigenvalue weighted by atomic mass is 35.7. The number of hydrogen-bond donors (Lipinski definition) is 0. The number of carbonyl (C=O) groups excluding carboxylic acids is 1. The molecule has 0 fully saturated rings. The molecule has 0 N–H and O–H groups in total. The number of hydrogen-bond acceptors (Lipinski definition) is 6. The minimum absolute atomic E-state index is 0.165. The summed E-state index contributed by atoms with van der Waals surface area (Å²) < 4.78 is 27.5. The summed E-state index contributed by atoms with van der Waals surface area (Å²) in [5.74, 6) is -0.823. The van der Waals surface area contributed by atoms with Gasteiger partial charge in [0.05, 0.1) is 22.0 Å². The van der Waals surface area contributed by atoms with Gasteiger partial charge in [-0.1, -0.05) is 19.8 Å². The number of nitro groups is 1. The van der Waals surface area contributed by atoms with Gasteiger partial charge in [-0.15, -0.1) is 0 Å². The Kier molecular flexibility index (Phi) is 6.10. The Hall–Kier alpha value is -1.67. The van der Waals surface area contributed by atoms with E-state index in [2.05, 4.69) is 0 Å². The first-order chi connectivity index (χ1) is 9.75. The molecular formula is C12H14ClNO6S.